The van der Waals surface area contributed by atoms with Gasteiger partial charge in [-0.1, -0.05) is 31.2 Å². The Hall–Kier alpha value is -1.57. The van der Waals surface area contributed by atoms with Crippen molar-refractivity contribution in [2.45, 2.75) is 25.2 Å². The third-order valence-electron chi connectivity index (χ3n) is 3.39. The van der Waals surface area contributed by atoms with Crippen LogP contribution in [0, 0.1) is 0 Å². The summed E-state index contributed by atoms with van der Waals surface area (Å²) >= 11 is 0. The van der Waals surface area contributed by atoms with Gasteiger partial charge in [-0.3, -0.25) is 5.10 Å². The quantitative estimate of drug-likeness (QED) is 0.789. The number of aromatic nitrogens is 2. The van der Waals surface area contributed by atoms with Gasteiger partial charge in [0, 0.05) is 6.20 Å². The molecule has 76 valence electrons. The van der Waals surface area contributed by atoms with Crippen molar-refractivity contribution in [3.8, 4) is 11.3 Å². The number of hydrogen-bond donors (Lipinski definition) is 1. The maximum absolute atomic E-state index is 3.96. The lowest BCUT2D eigenvalue weighted by molar-refractivity contribution is 0.788. The van der Waals surface area contributed by atoms with Crippen LogP contribution in [0.3, 0.4) is 0 Å². The molecule has 0 saturated heterocycles. The van der Waals surface area contributed by atoms with Crippen molar-refractivity contribution >= 4 is 0 Å². The number of hydrogen-bond acceptors (Lipinski definition) is 1. The monoisotopic (exact) mass is 198 g/mol. The third-order valence-corrected chi connectivity index (χ3v) is 3.39. The molecular formula is C13H14N2. The van der Waals surface area contributed by atoms with Gasteiger partial charge >= 0.3 is 0 Å². The van der Waals surface area contributed by atoms with Crippen molar-refractivity contribution in [3.05, 3.63) is 42.1 Å². The summed E-state index contributed by atoms with van der Waals surface area (Å²) in [7, 11) is 0. The Kier molecular flexibility index (Phi) is 1.72. The standard InChI is InChI=1S/C13H14N2/c1-13(7-8-13)11-4-2-10(3-5-11)12-6-9-14-15-12/h2-6,9H,7-8H2,1H3,(H,14,15). The van der Waals surface area contributed by atoms with Gasteiger partial charge in [0.1, 0.15) is 0 Å². The fourth-order valence-electron chi connectivity index (χ4n) is 1.94. The number of rotatable bonds is 2. The molecule has 15 heavy (non-hydrogen) atoms. The zero-order chi connectivity index (χ0) is 10.3. The molecule has 1 N–H and O–H groups in total. The maximum Gasteiger partial charge on any atom is 0.0650 e. The molecule has 0 unspecified atom stereocenters. The summed E-state index contributed by atoms with van der Waals surface area (Å²) in [5.41, 5.74) is 4.22. The van der Waals surface area contributed by atoms with E-state index >= 15 is 0 Å². The molecule has 1 aromatic carbocycles. The summed E-state index contributed by atoms with van der Waals surface area (Å²) in [6, 6.07) is 10.8. The van der Waals surface area contributed by atoms with Crippen LogP contribution in [0.15, 0.2) is 36.5 Å². The molecule has 0 amide bonds. The molecule has 1 fully saturated rings. The Bertz CT molecular complexity index is 450. The highest BCUT2D eigenvalue weighted by Gasteiger charge is 2.38. The molecule has 0 spiro atoms. The van der Waals surface area contributed by atoms with Gasteiger partial charge in [0.2, 0.25) is 0 Å². The zero-order valence-electron chi connectivity index (χ0n) is 8.83. The van der Waals surface area contributed by atoms with Crippen LogP contribution >= 0.6 is 0 Å². The Morgan fingerprint density at radius 3 is 2.40 bits per heavy atom. The first-order chi connectivity index (χ1) is 7.28. The second-order valence-electron chi connectivity index (χ2n) is 4.61. The van der Waals surface area contributed by atoms with Gasteiger partial charge in [-0.25, -0.2) is 0 Å². The van der Waals surface area contributed by atoms with Crippen LogP contribution in [-0.2, 0) is 5.41 Å². The van der Waals surface area contributed by atoms with E-state index in [1.807, 2.05) is 6.07 Å². The minimum absolute atomic E-state index is 0.465. The Morgan fingerprint density at radius 2 is 1.87 bits per heavy atom. The number of aromatic amines is 1. The number of nitrogens with one attached hydrogen (secondary N) is 1. The van der Waals surface area contributed by atoms with Crippen LogP contribution in [0.1, 0.15) is 25.3 Å². The first kappa shape index (κ1) is 8.72. The molecule has 0 bridgehead atoms. The lowest BCUT2D eigenvalue weighted by Gasteiger charge is -2.08. The Morgan fingerprint density at radius 1 is 1.13 bits per heavy atom. The van der Waals surface area contributed by atoms with E-state index in [-0.39, 0.29) is 0 Å². The van der Waals surface area contributed by atoms with Crippen molar-refractivity contribution in [1.29, 1.82) is 0 Å². The predicted molar refractivity (Wildman–Crippen MR) is 60.6 cm³/mol. The SMILES string of the molecule is CC1(c2ccc(-c3ccn[nH]3)cc2)CC1. The maximum atomic E-state index is 3.96. The number of nitrogens with zero attached hydrogens (tertiary/aromatic N) is 1. The molecule has 1 saturated carbocycles. The smallest absolute Gasteiger partial charge is 0.0650 e. The normalized spacial score (nSPS) is 17.7. The van der Waals surface area contributed by atoms with Crippen LogP contribution < -0.4 is 0 Å². The number of H-pyrrole nitrogens is 1. The van der Waals surface area contributed by atoms with E-state index in [4.69, 9.17) is 0 Å². The second kappa shape index (κ2) is 2.96. The van der Waals surface area contributed by atoms with Crippen molar-refractivity contribution < 1.29 is 0 Å². The van der Waals surface area contributed by atoms with E-state index in [9.17, 15) is 0 Å². The average Bonchev–Trinajstić information content (AvgIpc) is 2.84. The summed E-state index contributed by atoms with van der Waals surface area (Å²) in [4.78, 5) is 0. The molecule has 2 aromatic rings. The van der Waals surface area contributed by atoms with Crippen LogP contribution in [0.4, 0.5) is 0 Å². The first-order valence-corrected chi connectivity index (χ1v) is 5.38. The Labute approximate surface area is 89.3 Å². The highest BCUT2D eigenvalue weighted by molar-refractivity contribution is 5.59. The van der Waals surface area contributed by atoms with Crippen LogP contribution in [-0.4, -0.2) is 10.2 Å². The van der Waals surface area contributed by atoms with Crippen LogP contribution in [0.2, 0.25) is 0 Å². The van der Waals surface area contributed by atoms with Gasteiger partial charge in [0.25, 0.3) is 0 Å². The van der Waals surface area contributed by atoms with Crippen molar-refractivity contribution in [2.24, 2.45) is 0 Å². The molecule has 2 nitrogen and oxygen atoms in total. The van der Waals surface area contributed by atoms with E-state index in [0.29, 0.717) is 5.41 Å². The molecular weight excluding hydrogens is 184 g/mol. The van der Waals surface area contributed by atoms with E-state index in [1.54, 1.807) is 6.20 Å². The van der Waals surface area contributed by atoms with Gasteiger partial charge in [0.15, 0.2) is 0 Å². The van der Waals surface area contributed by atoms with Gasteiger partial charge in [-0.2, -0.15) is 5.10 Å². The molecule has 1 aliphatic carbocycles. The fraction of sp³-hybridized carbons (Fsp3) is 0.308. The zero-order valence-corrected chi connectivity index (χ0v) is 8.83. The molecule has 3 rings (SSSR count). The molecule has 1 aliphatic rings. The third kappa shape index (κ3) is 1.46. The molecule has 1 heterocycles. The van der Waals surface area contributed by atoms with Crippen LogP contribution in [0.5, 0.6) is 0 Å². The second-order valence-corrected chi connectivity index (χ2v) is 4.61. The van der Waals surface area contributed by atoms with Crippen molar-refractivity contribution in [1.82, 2.24) is 10.2 Å². The fourth-order valence-corrected chi connectivity index (χ4v) is 1.94. The highest BCUT2D eigenvalue weighted by Crippen LogP contribution is 2.47. The Balaban J connectivity index is 1.94. The van der Waals surface area contributed by atoms with Crippen LogP contribution in [0.25, 0.3) is 11.3 Å². The van der Waals surface area contributed by atoms with E-state index in [0.717, 1.165) is 5.69 Å². The molecule has 2 heteroatoms. The topological polar surface area (TPSA) is 28.7 Å². The summed E-state index contributed by atoms with van der Waals surface area (Å²) < 4.78 is 0. The predicted octanol–water partition coefficient (Wildman–Crippen LogP) is 3.13. The van der Waals surface area contributed by atoms with Gasteiger partial charge in [0.05, 0.1) is 5.69 Å². The molecule has 0 atom stereocenters. The largest absolute Gasteiger partial charge is 0.278 e. The number of benzene rings is 1. The van der Waals surface area contributed by atoms with Gasteiger partial charge in [-0.05, 0) is 35.4 Å². The summed E-state index contributed by atoms with van der Waals surface area (Å²) in [5.74, 6) is 0. The minimum Gasteiger partial charge on any atom is -0.278 e. The molecule has 0 radical (unpaired) electrons. The molecule has 1 aromatic heterocycles. The van der Waals surface area contributed by atoms with Crippen molar-refractivity contribution in [3.63, 3.8) is 0 Å². The van der Waals surface area contributed by atoms with E-state index in [2.05, 4.69) is 41.4 Å². The molecule has 0 aliphatic heterocycles. The average molecular weight is 198 g/mol. The summed E-state index contributed by atoms with van der Waals surface area (Å²) in [6.45, 7) is 2.33. The van der Waals surface area contributed by atoms with E-state index < -0.39 is 0 Å². The minimum atomic E-state index is 0.465. The lowest BCUT2D eigenvalue weighted by atomic mass is 9.97. The first-order valence-electron chi connectivity index (χ1n) is 5.38. The summed E-state index contributed by atoms with van der Waals surface area (Å²) in [5, 5.41) is 6.93. The van der Waals surface area contributed by atoms with E-state index in [1.165, 1.54) is 24.0 Å². The van der Waals surface area contributed by atoms with Gasteiger partial charge < -0.3 is 0 Å². The lowest BCUT2D eigenvalue weighted by Crippen LogP contribution is -1.98. The summed E-state index contributed by atoms with van der Waals surface area (Å²) in [6.07, 6.45) is 4.44. The van der Waals surface area contributed by atoms with Gasteiger partial charge in [-0.15, -0.1) is 0 Å². The highest BCUT2D eigenvalue weighted by atomic mass is 15.1. The van der Waals surface area contributed by atoms with Crippen molar-refractivity contribution in [2.75, 3.05) is 0 Å².